The molecule has 0 amide bonds. The summed E-state index contributed by atoms with van der Waals surface area (Å²) in [6.07, 6.45) is 1.77. The number of aromatic amines is 1. The third kappa shape index (κ3) is 1.16. The lowest BCUT2D eigenvalue weighted by atomic mass is 10.1. The summed E-state index contributed by atoms with van der Waals surface area (Å²) in [5, 5.41) is 11.5. The molecule has 2 rings (SSSR count). The molecule has 1 aromatic heterocycles. The SMILES string of the molecule is Cc1cc2[nH]ccc2cc1[N+](=O)[O-]. The van der Waals surface area contributed by atoms with Gasteiger partial charge in [0.05, 0.1) is 4.92 Å². The molecule has 0 spiro atoms. The highest BCUT2D eigenvalue weighted by Gasteiger charge is 2.11. The summed E-state index contributed by atoms with van der Waals surface area (Å²) in [5.74, 6) is 0. The van der Waals surface area contributed by atoms with Crippen molar-refractivity contribution >= 4 is 16.6 Å². The smallest absolute Gasteiger partial charge is 0.273 e. The van der Waals surface area contributed by atoms with E-state index in [1.165, 1.54) is 0 Å². The normalized spacial score (nSPS) is 10.5. The average Bonchev–Trinajstić information content (AvgIpc) is 2.48. The molecule has 0 unspecified atom stereocenters. The van der Waals surface area contributed by atoms with Crippen molar-refractivity contribution in [1.82, 2.24) is 4.98 Å². The molecule has 2 aromatic rings. The second-order valence-electron chi connectivity index (χ2n) is 2.96. The summed E-state index contributed by atoms with van der Waals surface area (Å²) < 4.78 is 0. The number of H-pyrrole nitrogens is 1. The first-order valence-electron chi connectivity index (χ1n) is 3.90. The minimum absolute atomic E-state index is 0.173. The standard InChI is InChI=1S/C9H8N2O2/c1-6-4-8-7(2-3-10-8)5-9(6)11(12)13/h2-5,10H,1H3. The Hall–Kier alpha value is -1.84. The number of nitro groups is 1. The molecule has 1 N–H and O–H groups in total. The molecule has 13 heavy (non-hydrogen) atoms. The van der Waals surface area contributed by atoms with Gasteiger partial charge in [-0.2, -0.15) is 0 Å². The fraction of sp³-hybridized carbons (Fsp3) is 0.111. The number of aryl methyl sites for hydroxylation is 1. The Morgan fingerprint density at radius 2 is 2.23 bits per heavy atom. The molecule has 0 atom stereocenters. The van der Waals surface area contributed by atoms with Crippen molar-refractivity contribution in [3.8, 4) is 0 Å². The van der Waals surface area contributed by atoms with E-state index in [1.807, 2.05) is 6.07 Å². The molecule has 66 valence electrons. The van der Waals surface area contributed by atoms with Gasteiger partial charge in [-0.25, -0.2) is 0 Å². The van der Waals surface area contributed by atoms with Gasteiger partial charge in [-0.3, -0.25) is 10.1 Å². The van der Waals surface area contributed by atoms with Crippen molar-refractivity contribution in [1.29, 1.82) is 0 Å². The first kappa shape index (κ1) is 7.79. The molecule has 1 aromatic carbocycles. The highest BCUT2D eigenvalue weighted by Crippen LogP contribution is 2.23. The molecule has 4 nitrogen and oxygen atoms in total. The maximum absolute atomic E-state index is 10.6. The van der Waals surface area contributed by atoms with E-state index in [0.717, 1.165) is 10.9 Å². The van der Waals surface area contributed by atoms with E-state index in [0.29, 0.717) is 5.56 Å². The third-order valence-electron chi connectivity index (χ3n) is 2.07. The topological polar surface area (TPSA) is 58.9 Å². The third-order valence-corrected chi connectivity index (χ3v) is 2.07. The molecule has 0 aliphatic carbocycles. The van der Waals surface area contributed by atoms with Crippen molar-refractivity contribution in [2.24, 2.45) is 0 Å². The molecule has 0 saturated heterocycles. The van der Waals surface area contributed by atoms with Crippen LogP contribution in [0.1, 0.15) is 5.56 Å². The van der Waals surface area contributed by atoms with Gasteiger partial charge in [0.25, 0.3) is 5.69 Å². The summed E-state index contributed by atoms with van der Waals surface area (Å²) >= 11 is 0. The van der Waals surface area contributed by atoms with Crippen LogP contribution < -0.4 is 0 Å². The maximum Gasteiger partial charge on any atom is 0.273 e. The Kier molecular flexibility index (Phi) is 1.55. The number of hydrogen-bond acceptors (Lipinski definition) is 2. The lowest BCUT2D eigenvalue weighted by Crippen LogP contribution is -1.90. The molecule has 1 heterocycles. The van der Waals surface area contributed by atoms with Gasteiger partial charge in [0.1, 0.15) is 0 Å². The summed E-state index contributed by atoms with van der Waals surface area (Å²) in [7, 11) is 0. The van der Waals surface area contributed by atoms with Gasteiger partial charge in [-0.05, 0) is 19.1 Å². The molecule has 0 aliphatic heterocycles. The maximum atomic E-state index is 10.6. The number of nitrogens with zero attached hydrogens (tertiary/aromatic N) is 1. The van der Waals surface area contributed by atoms with Crippen LogP contribution in [0.3, 0.4) is 0 Å². The van der Waals surface area contributed by atoms with Crippen LogP contribution in [0.4, 0.5) is 5.69 Å². The van der Waals surface area contributed by atoms with Crippen LogP contribution in [0.2, 0.25) is 0 Å². The summed E-state index contributed by atoms with van der Waals surface area (Å²) in [6, 6.07) is 5.19. The van der Waals surface area contributed by atoms with E-state index in [4.69, 9.17) is 0 Å². The van der Waals surface area contributed by atoms with Gasteiger partial charge >= 0.3 is 0 Å². The van der Waals surface area contributed by atoms with E-state index in [-0.39, 0.29) is 10.6 Å². The van der Waals surface area contributed by atoms with Crippen molar-refractivity contribution in [3.05, 3.63) is 40.1 Å². The number of aromatic nitrogens is 1. The summed E-state index contributed by atoms with van der Waals surface area (Å²) in [5.41, 5.74) is 1.79. The number of benzene rings is 1. The van der Waals surface area contributed by atoms with Crippen molar-refractivity contribution < 1.29 is 4.92 Å². The van der Waals surface area contributed by atoms with Crippen LogP contribution in [0.25, 0.3) is 10.9 Å². The number of rotatable bonds is 1. The Balaban J connectivity index is 2.76. The molecule has 0 bridgehead atoms. The zero-order valence-electron chi connectivity index (χ0n) is 7.07. The van der Waals surface area contributed by atoms with E-state index in [2.05, 4.69) is 4.98 Å². The van der Waals surface area contributed by atoms with E-state index in [9.17, 15) is 10.1 Å². The highest BCUT2D eigenvalue weighted by atomic mass is 16.6. The fourth-order valence-corrected chi connectivity index (χ4v) is 1.39. The van der Waals surface area contributed by atoms with Crippen molar-refractivity contribution in [3.63, 3.8) is 0 Å². The lowest BCUT2D eigenvalue weighted by molar-refractivity contribution is -0.385. The Labute approximate surface area is 74.3 Å². The predicted molar refractivity (Wildman–Crippen MR) is 49.7 cm³/mol. The Morgan fingerprint density at radius 1 is 1.46 bits per heavy atom. The monoisotopic (exact) mass is 176 g/mol. The van der Waals surface area contributed by atoms with Gasteiger partial charge in [0, 0.05) is 28.7 Å². The zero-order valence-corrected chi connectivity index (χ0v) is 7.07. The molecular formula is C9H8N2O2. The van der Waals surface area contributed by atoms with Gasteiger partial charge in [-0.15, -0.1) is 0 Å². The Bertz CT molecular complexity index is 473. The average molecular weight is 176 g/mol. The fourth-order valence-electron chi connectivity index (χ4n) is 1.39. The number of nitro benzene ring substituents is 1. The van der Waals surface area contributed by atoms with E-state index in [1.54, 1.807) is 25.3 Å². The van der Waals surface area contributed by atoms with Crippen molar-refractivity contribution in [2.45, 2.75) is 6.92 Å². The van der Waals surface area contributed by atoms with Crippen LogP contribution in [-0.4, -0.2) is 9.91 Å². The van der Waals surface area contributed by atoms with Crippen LogP contribution in [0.5, 0.6) is 0 Å². The minimum Gasteiger partial charge on any atom is -0.361 e. The second-order valence-corrected chi connectivity index (χ2v) is 2.96. The van der Waals surface area contributed by atoms with Crippen LogP contribution in [0, 0.1) is 17.0 Å². The number of fused-ring (bicyclic) bond motifs is 1. The van der Waals surface area contributed by atoms with Gasteiger partial charge in [-0.1, -0.05) is 0 Å². The largest absolute Gasteiger partial charge is 0.361 e. The molecule has 0 fully saturated rings. The highest BCUT2D eigenvalue weighted by molar-refractivity contribution is 5.83. The van der Waals surface area contributed by atoms with Crippen LogP contribution >= 0.6 is 0 Å². The van der Waals surface area contributed by atoms with E-state index < -0.39 is 0 Å². The predicted octanol–water partition coefficient (Wildman–Crippen LogP) is 2.38. The summed E-state index contributed by atoms with van der Waals surface area (Å²) in [6.45, 7) is 1.73. The molecule has 0 radical (unpaired) electrons. The van der Waals surface area contributed by atoms with Gasteiger partial charge < -0.3 is 4.98 Å². The molecule has 4 heteroatoms. The molecule has 0 aliphatic rings. The minimum atomic E-state index is -0.359. The zero-order chi connectivity index (χ0) is 9.42. The molecule has 0 saturated carbocycles. The number of nitrogens with one attached hydrogen (secondary N) is 1. The quantitative estimate of drug-likeness (QED) is 0.535. The lowest BCUT2D eigenvalue weighted by Gasteiger charge is -1.96. The van der Waals surface area contributed by atoms with Gasteiger partial charge in [0.15, 0.2) is 0 Å². The first-order chi connectivity index (χ1) is 6.18. The first-order valence-corrected chi connectivity index (χ1v) is 3.90. The van der Waals surface area contributed by atoms with E-state index >= 15 is 0 Å². The summed E-state index contributed by atoms with van der Waals surface area (Å²) in [4.78, 5) is 13.2. The number of hydrogen-bond donors (Lipinski definition) is 1. The second kappa shape index (κ2) is 2.58. The molecular weight excluding hydrogens is 168 g/mol. The van der Waals surface area contributed by atoms with Crippen LogP contribution in [0.15, 0.2) is 24.4 Å². The van der Waals surface area contributed by atoms with Gasteiger partial charge in [0.2, 0.25) is 0 Å². The Morgan fingerprint density at radius 3 is 2.92 bits per heavy atom. The van der Waals surface area contributed by atoms with Crippen molar-refractivity contribution in [2.75, 3.05) is 0 Å². The van der Waals surface area contributed by atoms with Crippen LogP contribution in [-0.2, 0) is 0 Å².